The van der Waals surface area contributed by atoms with Gasteiger partial charge in [0.15, 0.2) is 11.5 Å². The van der Waals surface area contributed by atoms with Gasteiger partial charge in [-0.05, 0) is 34.1 Å². The Balaban J connectivity index is 1.70. The number of benzene rings is 1. The van der Waals surface area contributed by atoms with Crippen LogP contribution in [0.4, 0.5) is 0 Å². The molecule has 0 fully saturated rings. The maximum atomic E-state index is 11.8. The molecule has 3 rings (SSSR count). The molecule has 0 aliphatic carbocycles. The van der Waals surface area contributed by atoms with Crippen molar-refractivity contribution < 1.29 is 14.3 Å². The first-order chi connectivity index (χ1) is 10.1. The van der Waals surface area contributed by atoms with Gasteiger partial charge in [0.2, 0.25) is 6.79 Å². The molecule has 1 N–H and O–H groups in total. The summed E-state index contributed by atoms with van der Waals surface area (Å²) in [5.74, 6) is 0.929. The van der Waals surface area contributed by atoms with Crippen LogP contribution in [0.25, 0.3) is 0 Å². The van der Waals surface area contributed by atoms with Crippen LogP contribution in [0.3, 0.4) is 0 Å². The number of hydrazone groups is 1. The number of ether oxygens (including phenoxy) is 2. The Labute approximate surface area is 137 Å². The Morgan fingerprint density at radius 2 is 2.14 bits per heavy atom. The molecule has 0 saturated carbocycles. The van der Waals surface area contributed by atoms with Gasteiger partial charge in [0.25, 0.3) is 5.91 Å². The van der Waals surface area contributed by atoms with Gasteiger partial charge >= 0.3 is 0 Å². The van der Waals surface area contributed by atoms with E-state index >= 15 is 0 Å². The molecule has 8 heteroatoms. The Kier molecular flexibility index (Phi) is 4.14. The molecule has 1 aliphatic heterocycles. The summed E-state index contributed by atoms with van der Waals surface area (Å²) in [7, 11) is 0. The van der Waals surface area contributed by atoms with Crippen molar-refractivity contribution in [1.29, 1.82) is 0 Å². The average molecular weight is 388 g/mol. The van der Waals surface area contributed by atoms with Crippen molar-refractivity contribution in [2.24, 2.45) is 5.10 Å². The minimum absolute atomic E-state index is 0.177. The largest absolute Gasteiger partial charge is 0.454 e. The van der Waals surface area contributed by atoms with Crippen molar-refractivity contribution in [3.8, 4) is 11.5 Å². The first-order valence-electron chi connectivity index (χ1n) is 5.81. The van der Waals surface area contributed by atoms with Crippen molar-refractivity contribution in [3.63, 3.8) is 0 Å². The Morgan fingerprint density at radius 1 is 1.38 bits per heavy atom. The molecule has 0 unspecified atom stereocenters. The smallest absolute Gasteiger partial charge is 0.281 e. The number of halogens is 2. The monoisotopic (exact) mass is 386 g/mol. The van der Waals surface area contributed by atoms with Crippen LogP contribution in [0, 0.1) is 0 Å². The van der Waals surface area contributed by atoms with Crippen LogP contribution in [0.2, 0.25) is 5.02 Å². The lowest BCUT2D eigenvalue weighted by Crippen LogP contribution is -2.16. The zero-order valence-corrected chi connectivity index (χ0v) is 13.6. The van der Waals surface area contributed by atoms with E-state index in [4.69, 9.17) is 21.1 Å². The van der Waals surface area contributed by atoms with E-state index < -0.39 is 0 Å². The average Bonchev–Trinajstić information content (AvgIpc) is 3.07. The molecule has 0 bridgehead atoms. The molecule has 0 spiro atoms. The number of carbonyl (C=O) groups excluding carboxylic acids is 1. The second-order valence-electron chi connectivity index (χ2n) is 4.03. The zero-order valence-electron chi connectivity index (χ0n) is 10.4. The lowest BCUT2D eigenvalue weighted by Gasteiger charge is -2.01. The summed E-state index contributed by atoms with van der Waals surface area (Å²) < 4.78 is 11.4. The number of rotatable bonds is 3. The predicted octanol–water partition coefficient (Wildman–Crippen LogP) is 3.66. The van der Waals surface area contributed by atoms with Crippen LogP contribution < -0.4 is 14.9 Å². The van der Waals surface area contributed by atoms with E-state index in [2.05, 4.69) is 26.5 Å². The third-order valence-corrected chi connectivity index (χ3v) is 4.61. The minimum Gasteiger partial charge on any atom is -0.454 e. The number of nitrogens with one attached hydrogen (secondary N) is 1. The van der Waals surface area contributed by atoms with Gasteiger partial charge in [-0.25, -0.2) is 5.43 Å². The Bertz CT molecular complexity index is 732. The summed E-state index contributed by atoms with van der Waals surface area (Å²) >= 11 is 10.7. The van der Waals surface area contributed by atoms with Gasteiger partial charge in [0.05, 0.1) is 19.9 Å². The number of hydrogen-bond donors (Lipinski definition) is 1. The fourth-order valence-corrected chi connectivity index (χ4v) is 3.16. The van der Waals surface area contributed by atoms with Crippen LogP contribution >= 0.6 is 38.9 Å². The number of hydrogen-bond acceptors (Lipinski definition) is 5. The lowest BCUT2D eigenvalue weighted by molar-refractivity contribution is 0.0959. The fraction of sp³-hybridized carbons (Fsp3) is 0.0769. The molecule has 2 aromatic rings. The summed E-state index contributed by atoms with van der Waals surface area (Å²) in [4.78, 5) is 12.4. The molecule has 1 aromatic carbocycles. The molecule has 1 amide bonds. The third kappa shape index (κ3) is 3.20. The van der Waals surface area contributed by atoms with Gasteiger partial charge < -0.3 is 9.47 Å². The van der Waals surface area contributed by atoms with E-state index in [1.165, 1.54) is 17.6 Å². The quantitative estimate of drug-likeness (QED) is 0.646. The van der Waals surface area contributed by atoms with Crippen molar-refractivity contribution in [2.45, 2.75) is 0 Å². The van der Waals surface area contributed by atoms with Crippen molar-refractivity contribution in [3.05, 3.63) is 43.5 Å². The van der Waals surface area contributed by atoms with E-state index in [-0.39, 0.29) is 12.7 Å². The molecule has 0 radical (unpaired) electrons. The molecule has 21 heavy (non-hydrogen) atoms. The second kappa shape index (κ2) is 6.05. The highest BCUT2D eigenvalue weighted by Crippen LogP contribution is 2.36. The van der Waals surface area contributed by atoms with Gasteiger partial charge in [-0.3, -0.25) is 4.79 Å². The van der Waals surface area contributed by atoms with Crippen LogP contribution in [-0.4, -0.2) is 18.9 Å². The van der Waals surface area contributed by atoms with Gasteiger partial charge in [-0.15, -0.1) is 11.3 Å². The number of fused-ring (bicyclic) bond motifs is 1. The highest BCUT2D eigenvalue weighted by Gasteiger charge is 2.15. The van der Waals surface area contributed by atoms with E-state index in [1.807, 2.05) is 0 Å². The Morgan fingerprint density at radius 3 is 2.86 bits per heavy atom. The number of nitrogens with zero attached hydrogens (tertiary/aromatic N) is 1. The predicted molar refractivity (Wildman–Crippen MR) is 84.7 cm³/mol. The minimum atomic E-state index is -0.279. The maximum absolute atomic E-state index is 11.8. The maximum Gasteiger partial charge on any atom is 0.281 e. The van der Waals surface area contributed by atoms with Crippen LogP contribution in [0.1, 0.15) is 15.2 Å². The summed E-state index contributed by atoms with van der Waals surface area (Å²) in [5, 5.41) is 4.37. The van der Waals surface area contributed by atoms with Gasteiger partial charge in [-0.2, -0.15) is 5.10 Å². The molecular formula is C13H8BrClN2O3S. The number of amides is 1. The molecule has 1 aromatic heterocycles. The van der Waals surface area contributed by atoms with Gasteiger partial charge in [0.1, 0.15) is 0 Å². The summed E-state index contributed by atoms with van der Waals surface area (Å²) in [6.07, 6.45) is 1.46. The number of thiophene rings is 1. The first kappa shape index (κ1) is 14.4. The van der Waals surface area contributed by atoms with Crippen LogP contribution in [0.5, 0.6) is 11.5 Å². The molecule has 0 saturated heterocycles. The molecule has 5 nitrogen and oxygen atoms in total. The van der Waals surface area contributed by atoms with Crippen molar-refractivity contribution in [2.75, 3.05) is 6.79 Å². The van der Waals surface area contributed by atoms with Crippen LogP contribution in [0.15, 0.2) is 33.2 Å². The lowest BCUT2D eigenvalue weighted by atomic mass is 10.2. The second-order valence-corrected chi connectivity index (χ2v) is 6.90. The fourth-order valence-electron chi connectivity index (χ4n) is 1.68. The summed E-state index contributed by atoms with van der Waals surface area (Å²) in [5.41, 5.74) is 3.08. The van der Waals surface area contributed by atoms with E-state index in [1.54, 1.807) is 24.3 Å². The molecule has 2 heterocycles. The zero-order chi connectivity index (χ0) is 14.8. The third-order valence-electron chi connectivity index (χ3n) is 2.66. The van der Waals surface area contributed by atoms with Crippen molar-refractivity contribution in [1.82, 2.24) is 5.43 Å². The van der Waals surface area contributed by atoms with E-state index in [0.717, 1.165) is 3.79 Å². The SMILES string of the molecule is O=C(NN=Cc1cc2c(cc1Cl)OCO2)c1ccc(Br)s1. The molecular weight excluding hydrogens is 380 g/mol. The molecule has 1 aliphatic rings. The van der Waals surface area contributed by atoms with Crippen molar-refractivity contribution >= 4 is 51.0 Å². The highest BCUT2D eigenvalue weighted by atomic mass is 79.9. The van der Waals surface area contributed by atoms with E-state index in [9.17, 15) is 4.79 Å². The highest BCUT2D eigenvalue weighted by molar-refractivity contribution is 9.11. The topological polar surface area (TPSA) is 59.9 Å². The molecule has 0 atom stereocenters. The molecule has 108 valence electrons. The van der Waals surface area contributed by atoms with Gasteiger partial charge in [-0.1, -0.05) is 11.6 Å². The Hall–Kier alpha value is -1.57. The first-order valence-corrected chi connectivity index (χ1v) is 7.80. The summed E-state index contributed by atoms with van der Waals surface area (Å²) in [6.45, 7) is 0.177. The summed E-state index contributed by atoms with van der Waals surface area (Å²) in [6, 6.07) is 6.89. The van der Waals surface area contributed by atoms with Crippen LogP contribution in [-0.2, 0) is 0 Å². The standard InChI is InChI=1S/C13H8BrClN2O3S/c14-12-2-1-11(21-12)13(18)17-16-5-7-3-9-10(4-8(7)15)20-6-19-9/h1-5H,6H2,(H,17,18). The number of carbonyl (C=O) groups is 1. The normalized spacial score (nSPS) is 12.9. The van der Waals surface area contributed by atoms with Gasteiger partial charge in [0, 0.05) is 11.6 Å². The van der Waals surface area contributed by atoms with E-state index in [0.29, 0.717) is 27.0 Å².